The van der Waals surface area contributed by atoms with Gasteiger partial charge in [0.1, 0.15) is 5.82 Å². The Balaban J connectivity index is 1.77. The molecule has 1 aromatic heterocycles. The van der Waals surface area contributed by atoms with Gasteiger partial charge in [-0.2, -0.15) is 5.26 Å². The van der Waals surface area contributed by atoms with Crippen LogP contribution in [0, 0.1) is 11.3 Å². The second kappa shape index (κ2) is 9.78. The Kier molecular flexibility index (Phi) is 6.98. The minimum absolute atomic E-state index is 0.300. The van der Waals surface area contributed by atoms with E-state index in [9.17, 15) is 14.9 Å². The Morgan fingerprint density at radius 1 is 1.12 bits per heavy atom. The number of alkyl halides is 1. The summed E-state index contributed by atoms with van der Waals surface area (Å²) >= 11 is 14.3. The Morgan fingerprint density at radius 2 is 1.79 bits per heavy atom. The Hall–Kier alpha value is -2.87. The Labute approximate surface area is 220 Å². The molecule has 172 valence electrons. The highest BCUT2D eigenvalue weighted by atomic mass is 127. The summed E-state index contributed by atoms with van der Waals surface area (Å²) in [5.74, 6) is -0.265. The van der Waals surface area contributed by atoms with Crippen molar-refractivity contribution in [2.24, 2.45) is 0 Å². The first-order valence-corrected chi connectivity index (χ1v) is 12.0. The van der Waals surface area contributed by atoms with E-state index in [4.69, 9.17) is 23.2 Å². The minimum atomic E-state index is -1.28. The molecule has 2 atom stereocenters. The number of rotatable bonds is 6. The van der Waals surface area contributed by atoms with Crippen molar-refractivity contribution in [3.05, 3.63) is 88.0 Å². The maximum Gasteiger partial charge on any atom is 0.332 e. The monoisotopic (exact) mass is 605 g/mol. The number of nitrogens with zero attached hydrogens (tertiary/aromatic N) is 4. The number of hydrogen-bond acceptors (Lipinski definition) is 5. The lowest BCUT2D eigenvalue weighted by Crippen LogP contribution is -2.49. The molecule has 0 radical (unpaired) electrons. The number of amides is 3. The zero-order valence-electron chi connectivity index (χ0n) is 17.9. The number of hydrogen-bond donors (Lipinski definition) is 1. The largest absolute Gasteiger partial charge is 0.369 e. The molecule has 3 amide bonds. The van der Waals surface area contributed by atoms with Gasteiger partial charge in [-0.1, -0.05) is 41.4 Å². The maximum atomic E-state index is 13.9. The van der Waals surface area contributed by atoms with Gasteiger partial charge in [-0.3, -0.25) is 4.79 Å². The van der Waals surface area contributed by atoms with E-state index in [-0.39, 0.29) is 0 Å². The Bertz CT molecular complexity index is 1260. The van der Waals surface area contributed by atoms with E-state index in [1.165, 1.54) is 23.1 Å². The highest BCUT2D eigenvalue weighted by Gasteiger charge is 2.59. The fourth-order valence-corrected chi connectivity index (χ4v) is 5.43. The second-order valence-corrected chi connectivity index (χ2v) is 10.2. The average molecular weight is 606 g/mol. The number of imide groups is 1. The van der Waals surface area contributed by atoms with Gasteiger partial charge in [-0.05, 0) is 70.6 Å². The third kappa shape index (κ3) is 4.43. The number of urea groups is 1. The van der Waals surface area contributed by atoms with Gasteiger partial charge in [0.25, 0.3) is 5.91 Å². The number of carbonyl (C=O) groups is 2. The molecule has 1 fully saturated rings. The van der Waals surface area contributed by atoms with Gasteiger partial charge in [0.2, 0.25) is 0 Å². The summed E-state index contributed by atoms with van der Waals surface area (Å²) < 4.78 is -1.28. The van der Waals surface area contributed by atoms with Crippen molar-refractivity contribution in [2.45, 2.75) is 9.46 Å². The molecule has 0 spiro atoms. The highest BCUT2D eigenvalue weighted by Crippen LogP contribution is 2.46. The van der Waals surface area contributed by atoms with Crippen molar-refractivity contribution < 1.29 is 9.59 Å². The minimum Gasteiger partial charge on any atom is -0.369 e. The van der Waals surface area contributed by atoms with E-state index in [1.807, 2.05) is 40.8 Å². The summed E-state index contributed by atoms with van der Waals surface area (Å²) in [6.07, 6.45) is 1.67. The van der Waals surface area contributed by atoms with Crippen molar-refractivity contribution >= 4 is 69.2 Å². The zero-order valence-corrected chi connectivity index (χ0v) is 21.5. The average Bonchev–Trinajstić information content (AvgIpc) is 3.00. The van der Waals surface area contributed by atoms with E-state index >= 15 is 0 Å². The molecular formula is C24H18Cl2IN5O2. The fourth-order valence-electron chi connectivity index (χ4n) is 3.89. The van der Waals surface area contributed by atoms with Crippen LogP contribution in [0.25, 0.3) is 0 Å². The maximum absolute atomic E-state index is 13.9. The first-order valence-electron chi connectivity index (χ1n) is 10.2. The van der Waals surface area contributed by atoms with E-state index < -0.39 is 21.4 Å². The molecule has 3 aromatic rings. The second-order valence-electron chi connectivity index (χ2n) is 7.67. The van der Waals surface area contributed by atoms with Gasteiger partial charge >= 0.3 is 6.03 Å². The molecule has 2 aromatic carbocycles. The molecule has 0 bridgehead atoms. The van der Waals surface area contributed by atoms with Gasteiger partial charge in [-0.25, -0.2) is 14.7 Å². The fraction of sp³-hybridized carbons (Fsp3) is 0.167. The van der Waals surface area contributed by atoms with Crippen molar-refractivity contribution in [3.8, 4) is 6.07 Å². The van der Waals surface area contributed by atoms with E-state index in [0.717, 1.165) is 10.5 Å². The first kappa shape index (κ1) is 24.3. The van der Waals surface area contributed by atoms with Gasteiger partial charge < -0.3 is 10.2 Å². The SMILES string of the molecule is CN1C(=O)N(c2cc(Cl)cc(Cl)c2)C(=O)[C@@]1(I)[C@@H](CNc1ccccn1)c1ccc(C#N)cc1. The number of halogens is 3. The molecule has 1 aliphatic heterocycles. The first-order chi connectivity index (χ1) is 16.3. The molecule has 7 nitrogen and oxygen atoms in total. The molecule has 0 unspecified atom stereocenters. The van der Waals surface area contributed by atoms with Crippen LogP contribution in [0.1, 0.15) is 17.0 Å². The van der Waals surface area contributed by atoms with E-state index in [0.29, 0.717) is 33.7 Å². The quantitative estimate of drug-likeness (QED) is 0.169. The number of aromatic nitrogens is 1. The van der Waals surface area contributed by atoms with Crippen LogP contribution in [0.2, 0.25) is 10.0 Å². The molecule has 0 aliphatic carbocycles. The van der Waals surface area contributed by atoms with Crippen LogP contribution < -0.4 is 10.2 Å². The molecule has 2 heterocycles. The third-order valence-corrected chi connectivity index (χ3v) is 8.00. The topological polar surface area (TPSA) is 89.3 Å². The molecule has 1 saturated heterocycles. The number of nitrogens with one attached hydrogen (secondary N) is 1. The summed E-state index contributed by atoms with van der Waals surface area (Å²) in [6, 6.07) is 18.7. The van der Waals surface area contributed by atoms with Gasteiger partial charge in [0.05, 0.1) is 17.3 Å². The van der Waals surface area contributed by atoms with Crippen LogP contribution in [0.5, 0.6) is 0 Å². The van der Waals surface area contributed by atoms with Gasteiger partial charge in [0.15, 0.2) is 3.55 Å². The van der Waals surface area contributed by atoms with Crippen LogP contribution in [-0.2, 0) is 4.79 Å². The normalized spacial score (nSPS) is 18.7. The predicted molar refractivity (Wildman–Crippen MR) is 140 cm³/mol. The molecule has 1 N–H and O–H groups in total. The van der Waals surface area contributed by atoms with Crippen LogP contribution >= 0.6 is 45.8 Å². The van der Waals surface area contributed by atoms with Gasteiger partial charge in [0, 0.05) is 35.8 Å². The summed E-state index contributed by atoms with van der Waals surface area (Å²) in [5.41, 5.74) is 1.59. The number of pyridine rings is 1. The Morgan fingerprint density at radius 3 is 2.38 bits per heavy atom. The smallest absolute Gasteiger partial charge is 0.332 e. The van der Waals surface area contributed by atoms with E-state index in [1.54, 1.807) is 37.5 Å². The van der Waals surface area contributed by atoms with Crippen LogP contribution in [0.4, 0.5) is 16.3 Å². The van der Waals surface area contributed by atoms with Crippen molar-refractivity contribution in [1.82, 2.24) is 9.88 Å². The summed E-state index contributed by atoms with van der Waals surface area (Å²) in [6.45, 7) is 0.305. The molecule has 4 rings (SSSR count). The summed E-state index contributed by atoms with van der Waals surface area (Å²) in [4.78, 5) is 34.0. The van der Waals surface area contributed by atoms with Crippen molar-refractivity contribution in [3.63, 3.8) is 0 Å². The van der Waals surface area contributed by atoms with Crippen LogP contribution in [0.3, 0.4) is 0 Å². The molecule has 1 aliphatic rings. The standard InChI is InChI=1S/C24H18Cl2IN5O2/c1-31-23(34)32(19-11-17(25)10-18(26)12-19)22(33)24(31,27)20(14-30-21-4-2-3-9-29-21)16-7-5-15(13-28)6-8-16/h2-12,20H,14H2,1H3,(H,29,30)/t20-,24+/m0/s1. The lowest BCUT2D eigenvalue weighted by atomic mass is 9.89. The number of anilines is 2. The number of nitriles is 1. The predicted octanol–water partition coefficient (Wildman–Crippen LogP) is 5.69. The van der Waals surface area contributed by atoms with Crippen molar-refractivity contribution in [2.75, 3.05) is 23.8 Å². The summed E-state index contributed by atoms with van der Waals surface area (Å²) in [7, 11) is 1.59. The summed E-state index contributed by atoms with van der Waals surface area (Å²) in [5, 5.41) is 13.1. The lowest BCUT2D eigenvalue weighted by molar-refractivity contribution is -0.120. The number of likely N-dealkylation sites (N-methyl/N-ethyl adjacent to an activating group) is 1. The van der Waals surface area contributed by atoms with Crippen LogP contribution in [0.15, 0.2) is 66.9 Å². The molecular weight excluding hydrogens is 588 g/mol. The molecule has 34 heavy (non-hydrogen) atoms. The number of carbonyl (C=O) groups excluding carboxylic acids is 2. The van der Waals surface area contributed by atoms with E-state index in [2.05, 4.69) is 16.4 Å². The number of benzene rings is 2. The third-order valence-electron chi connectivity index (χ3n) is 5.63. The lowest BCUT2D eigenvalue weighted by Gasteiger charge is -2.35. The zero-order chi connectivity index (χ0) is 24.5. The van der Waals surface area contributed by atoms with Crippen molar-refractivity contribution in [1.29, 1.82) is 5.26 Å². The van der Waals surface area contributed by atoms with Gasteiger partial charge in [-0.15, -0.1) is 0 Å². The molecule has 10 heteroatoms. The highest BCUT2D eigenvalue weighted by molar-refractivity contribution is 14.1. The molecule has 0 saturated carbocycles. The van der Waals surface area contributed by atoms with Crippen LogP contribution in [-0.4, -0.2) is 39.0 Å².